The van der Waals surface area contributed by atoms with Gasteiger partial charge in [0.05, 0.1) is 10.6 Å². The topological polar surface area (TPSA) is 75.7 Å². The Labute approximate surface area is 188 Å². The van der Waals surface area contributed by atoms with Gasteiger partial charge in [-0.25, -0.2) is 8.42 Å². The van der Waals surface area contributed by atoms with Crippen LogP contribution >= 0.6 is 0 Å². The number of carbonyl (C=O) groups excluding carboxylic acids is 1. The Balaban J connectivity index is 1.41. The Bertz CT molecular complexity index is 1240. The summed E-state index contributed by atoms with van der Waals surface area (Å²) in [4.78, 5) is 12.5. The van der Waals surface area contributed by atoms with Crippen molar-refractivity contribution in [1.82, 2.24) is 0 Å². The lowest BCUT2D eigenvalue weighted by Gasteiger charge is -2.19. The summed E-state index contributed by atoms with van der Waals surface area (Å²) in [6, 6.07) is 17.7. The SMILES string of the molecule is Cc1cc(C)c(NC(=O)COc2ccc(S(=O)(=O)N3CCc4ccccc43)cc2)c(C)c1. The van der Waals surface area contributed by atoms with Gasteiger partial charge in [0.1, 0.15) is 5.75 Å². The number of benzene rings is 3. The van der Waals surface area contributed by atoms with Crippen LogP contribution in [0.25, 0.3) is 0 Å². The number of fused-ring (bicyclic) bond motifs is 1. The molecule has 32 heavy (non-hydrogen) atoms. The summed E-state index contributed by atoms with van der Waals surface area (Å²) >= 11 is 0. The van der Waals surface area contributed by atoms with E-state index in [2.05, 4.69) is 5.32 Å². The highest BCUT2D eigenvalue weighted by Gasteiger charge is 2.30. The standard InChI is InChI=1S/C25H26N2O4S/c1-17-14-18(2)25(19(3)15-17)26-24(28)16-31-21-8-10-22(11-9-21)32(29,30)27-13-12-20-6-4-5-7-23(20)27/h4-11,14-15H,12-13,16H2,1-3H3,(H,26,28). The van der Waals surface area contributed by atoms with Crippen LogP contribution in [-0.2, 0) is 21.2 Å². The molecule has 0 saturated heterocycles. The van der Waals surface area contributed by atoms with Crippen LogP contribution in [-0.4, -0.2) is 27.5 Å². The first-order chi connectivity index (χ1) is 15.3. The molecule has 166 valence electrons. The zero-order valence-electron chi connectivity index (χ0n) is 18.4. The Hall–Kier alpha value is -3.32. The second-order valence-electron chi connectivity index (χ2n) is 8.04. The lowest BCUT2D eigenvalue weighted by molar-refractivity contribution is -0.118. The smallest absolute Gasteiger partial charge is 0.264 e. The molecule has 3 aromatic carbocycles. The Morgan fingerprint density at radius 1 is 1.00 bits per heavy atom. The van der Waals surface area contributed by atoms with Crippen LogP contribution in [0.5, 0.6) is 5.75 Å². The molecule has 0 aliphatic carbocycles. The zero-order valence-corrected chi connectivity index (χ0v) is 19.2. The highest BCUT2D eigenvalue weighted by atomic mass is 32.2. The number of aryl methyl sites for hydroxylation is 3. The van der Waals surface area contributed by atoms with Gasteiger partial charge in [-0.3, -0.25) is 9.10 Å². The van der Waals surface area contributed by atoms with Crippen LogP contribution in [0.4, 0.5) is 11.4 Å². The number of nitrogens with one attached hydrogen (secondary N) is 1. The minimum Gasteiger partial charge on any atom is -0.484 e. The third kappa shape index (κ3) is 4.34. The molecule has 0 aromatic heterocycles. The van der Waals surface area contributed by atoms with Crippen molar-refractivity contribution < 1.29 is 17.9 Å². The van der Waals surface area contributed by atoms with Crippen molar-refractivity contribution in [3.8, 4) is 5.75 Å². The molecule has 4 rings (SSSR count). The first-order valence-corrected chi connectivity index (χ1v) is 11.9. The Morgan fingerprint density at radius 2 is 1.66 bits per heavy atom. The van der Waals surface area contributed by atoms with Crippen LogP contribution in [0.1, 0.15) is 22.3 Å². The third-order valence-electron chi connectivity index (χ3n) is 5.57. The Kier molecular flexibility index (Phi) is 5.93. The summed E-state index contributed by atoms with van der Waals surface area (Å²) in [5.74, 6) is 0.156. The molecule has 0 radical (unpaired) electrons. The number of nitrogens with zero attached hydrogens (tertiary/aromatic N) is 1. The fourth-order valence-electron chi connectivity index (χ4n) is 4.09. The third-order valence-corrected chi connectivity index (χ3v) is 7.40. The van der Waals surface area contributed by atoms with Crippen molar-refractivity contribution in [2.75, 3.05) is 22.8 Å². The maximum Gasteiger partial charge on any atom is 0.264 e. The molecule has 6 nitrogen and oxygen atoms in total. The lowest BCUT2D eigenvalue weighted by atomic mass is 10.1. The number of rotatable bonds is 6. The van der Waals surface area contributed by atoms with E-state index in [0.29, 0.717) is 18.7 Å². The fourth-order valence-corrected chi connectivity index (χ4v) is 5.60. The highest BCUT2D eigenvalue weighted by Crippen LogP contribution is 2.33. The normalized spacial score (nSPS) is 13.0. The van der Waals surface area contributed by atoms with Gasteiger partial charge in [0.15, 0.2) is 6.61 Å². The van der Waals surface area contributed by atoms with Crippen LogP contribution in [0.3, 0.4) is 0 Å². The largest absolute Gasteiger partial charge is 0.484 e. The predicted molar refractivity (Wildman–Crippen MR) is 126 cm³/mol. The molecule has 0 spiro atoms. The number of hydrogen-bond donors (Lipinski definition) is 1. The lowest BCUT2D eigenvalue weighted by Crippen LogP contribution is -2.29. The van der Waals surface area contributed by atoms with Crippen LogP contribution in [0, 0.1) is 20.8 Å². The van der Waals surface area contributed by atoms with Gasteiger partial charge in [-0.1, -0.05) is 35.9 Å². The van der Waals surface area contributed by atoms with Gasteiger partial charge < -0.3 is 10.1 Å². The van der Waals surface area contributed by atoms with Crippen molar-refractivity contribution in [3.63, 3.8) is 0 Å². The molecule has 0 bridgehead atoms. The molecule has 0 unspecified atom stereocenters. The van der Waals surface area contributed by atoms with Gasteiger partial charge in [-0.05, 0) is 74.2 Å². The Morgan fingerprint density at radius 3 is 2.34 bits per heavy atom. The number of anilines is 2. The van der Waals surface area contributed by atoms with Gasteiger partial charge in [0.2, 0.25) is 0 Å². The van der Waals surface area contributed by atoms with Crippen LogP contribution in [0.15, 0.2) is 65.6 Å². The fraction of sp³-hybridized carbons (Fsp3) is 0.240. The monoisotopic (exact) mass is 450 g/mol. The molecular formula is C25H26N2O4S. The second-order valence-corrected chi connectivity index (χ2v) is 9.90. The van der Waals surface area contributed by atoms with E-state index in [-0.39, 0.29) is 17.4 Å². The molecule has 0 saturated carbocycles. The van der Waals surface area contributed by atoms with E-state index in [0.717, 1.165) is 33.6 Å². The molecule has 1 aliphatic heterocycles. The summed E-state index contributed by atoms with van der Waals surface area (Å²) in [5.41, 5.74) is 5.67. The summed E-state index contributed by atoms with van der Waals surface area (Å²) in [6.45, 7) is 6.18. The first-order valence-electron chi connectivity index (χ1n) is 10.5. The van der Waals surface area contributed by atoms with E-state index in [1.165, 1.54) is 16.4 Å². The molecule has 1 aliphatic rings. The van der Waals surface area contributed by atoms with Crippen molar-refractivity contribution in [3.05, 3.63) is 82.9 Å². The van der Waals surface area contributed by atoms with Crippen molar-refractivity contribution in [1.29, 1.82) is 0 Å². The van der Waals surface area contributed by atoms with E-state index in [4.69, 9.17) is 4.74 Å². The van der Waals surface area contributed by atoms with Crippen molar-refractivity contribution >= 4 is 27.3 Å². The van der Waals surface area contributed by atoms with Gasteiger partial charge in [-0.15, -0.1) is 0 Å². The van der Waals surface area contributed by atoms with Crippen molar-refractivity contribution in [2.24, 2.45) is 0 Å². The van der Waals surface area contributed by atoms with E-state index >= 15 is 0 Å². The average molecular weight is 451 g/mol. The predicted octanol–water partition coefficient (Wildman–Crippen LogP) is 4.38. The van der Waals surface area contributed by atoms with Crippen molar-refractivity contribution in [2.45, 2.75) is 32.1 Å². The molecule has 7 heteroatoms. The number of para-hydroxylation sites is 1. The number of ether oxygens (including phenoxy) is 1. The van der Waals surface area contributed by atoms with Crippen LogP contribution in [0.2, 0.25) is 0 Å². The highest BCUT2D eigenvalue weighted by molar-refractivity contribution is 7.92. The molecular weight excluding hydrogens is 424 g/mol. The first kappa shape index (κ1) is 21.9. The minimum atomic E-state index is -3.66. The maximum absolute atomic E-state index is 13.1. The van der Waals surface area contributed by atoms with Crippen LogP contribution < -0.4 is 14.4 Å². The van der Waals surface area contributed by atoms with Gasteiger partial charge in [-0.2, -0.15) is 0 Å². The van der Waals surface area contributed by atoms with E-state index in [1.54, 1.807) is 12.1 Å². The molecule has 3 aromatic rings. The van der Waals surface area contributed by atoms with Gasteiger partial charge >= 0.3 is 0 Å². The van der Waals surface area contributed by atoms with E-state index in [1.807, 2.05) is 57.2 Å². The molecule has 0 fully saturated rings. The van der Waals surface area contributed by atoms with E-state index in [9.17, 15) is 13.2 Å². The van der Waals surface area contributed by atoms with Gasteiger partial charge in [0, 0.05) is 12.2 Å². The quantitative estimate of drug-likeness (QED) is 0.605. The van der Waals surface area contributed by atoms with E-state index < -0.39 is 10.0 Å². The average Bonchev–Trinajstić information content (AvgIpc) is 3.20. The number of amides is 1. The number of sulfonamides is 1. The van der Waals surface area contributed by atoms with Gasteiger partial charge in [0.25, 0.3) is 15.9 Å². The zero-order chi connectivity index (χ0) is 22.9. The molecule has 1 amide bonds. The maximum atomic E-state index is 13.1. The summed E-state index contributed by atoms with van der Waals surface area (Å²) in [6.07, 6.45) is 0.700. The summed E-state index contributed by atoms with van der Waals surface area (Å²) in [7, 11) is -3.66. The molecule has 1 heterocycles. The molecule has 0 atom stereocenters. The summed E-state index contributed by atoms with van der Waals surface area (Å²) in [5, 5.41) is 2.89. The number of carbonyl (C=O) groups is 1. The molecule has 1 N–H and O–H groups in total. The summed E-state index contributed by atoms with van der Waals surface area (Å²) < 4.78 is 33.2. The second kappa shape index (κ2) is 8.67. The number of hydrogen-bond acceptors (Lipinski definition) is 4. The minimum absolute atomic E-state index is 0.168.